The van der Waals surface area contributed by atoms with Crippen molar-refractivity contribution in [3.05, 3.63) is 71.3 Å². The van der Waals surface area contributed by atoms with E-state index in [2.05, 4.69) is 4.74 Å². The predicted octanol–water partition coefficient (Wildman–Crippen LogP) is 5.35. The predicted molar refractivity (Wildman–Crippen MR) is 136 cm³/mol. The molecule has 38 heavy (non-hydrogen) atoms. The lowest BCUT2D eigenvalue weighted by atomic mass is 9.90. The van der Waals surface area contributed by atoms with E-state index < -0.39 is 24.0 Å². The molecule has 3 aromatic rings. The number of ether oxygens (including phenoxy) is 3. The van der Waals surface area contributed by atoms with Gasteiger partial charge in [-0.05, 0) is 36.2 Å². The zero-order valence-electron chi connectivity index (χ0n) is 20.8. The standard InChI is InChI=1S/C27H25F3N2O5S/c1-32-18-9-11-20(35-2)17(14-31)23(18)38-24-19(32)10-12-21(36-3)22(24)16(13-15-7-5-4-6-8-15)25(33)37-26(34)27(28,29)30/h4-12,16H,13-14,31H2,1-3H3. The van der Waals surface area contributed by atoms with E-state index in [1.807, 2.05) is 24.1 Å². The van der Waals surface area contributed by atoms with Crippen molar-refractivity contribution in [3.63, 3.8) is 0 Å². The molecule has 1 aliphatic rings. The summed E-state index contributed by atoms with van der Waals surface area (Å²) < 4.78 is 54.4. The highest BCUT2D eigenvalue weighted by molar-refractivity contribution is 7.99. The van der Waals surface area contributed by atoms with Crippen LogP contribution in [0.3, 0.4) is 0 Å². The zero-order chi connectivity index (χ0) is 27.6. The van der Waals surface area contributed by atoms with Gasteiger partial charge in [0.25, 0.3) is 0 Å². The van der Waals surface area contributed by atoms with Crippen LogP contribution < -0.4 is 20.1 Å². The SMILES string of the molecule is COc1ccc2c(c1CN)Sc1c(ccc(OC)c1C(Cc1ccccc1)C(=O)OC(=O)C(F)(F)F)N2C. The molecule has 11 heteroatoms. The molecule has 1 heterocycles. The van der Waals surface area contributed by atoms with Crippen molar-refractivity contribution in [1.82, 2.24) is 0 Å². The average molecular weight is 547 g/mol. The smallest absolute Gasteiger partial charge is 0.491 e. The molecule has 0 aromatic heterocycles. The Morgan fingerprint density at radius 1 is 0.947 bits per heavy atom. The second-order valence-electron chi connectivity index (χ2n) is 8.44. The Bertz CT molecular complexity index is 1370. The number of hydrogen-bond donors (Lipinski definition) is 1. The molecule has 0 saturated heterocycles. The first-order valence-corrected chi connectivity index (χ1v) is 12.3. The van der Waals surface area contributed by atoms with Crippen LogP contribution in [0.25, 0.3) is 0 Å². The number of carbonyl (C=O) groups is 2. The lowest BCUT2D eigenvalue weighted by molar-refractivity contribution is -0.202. The largest absolute Gasteiger partial charge is 0.496 e. The van der Waals surface area contributed by atoms with Gasteiger partial charge in [-0.25, -0.2) is 4.79 Å². The third-order valence-electron chi connectivity index (χ3n) is 6.24. The van der Waals surface area contributed by atoms with Crippen LogP contribution in [-0.2, 0) is 27.3 Å². The van der Waals surface area contributed by atoms with E-state index in [0.29, 0.717) is 27.5 Å². The molecule has 1 aliphatic heterocycles. The fourth-order valence-electron chi connectivity index (χ4n) is 4.41. The van der Waals surface area contributed by atoms with Gasteiger partial charge in [-0.15, -0.1) is 0 Å². The third kappa shape index (κ3) is 5.16. The van der Waals surface area contributed by atoms with Crippen molar-refractivity contribution in [2.75, 3.05) is 26.2 Å². The maximum Gasteiger partial charge on any atom is 0.491 e. The van der Waals surface area contributed by atoms with Gasteiger partial charge in [0.1, 0.15) is 11.5 Å². The fraction of sp³-hybridized carbons (Fsp3) is 0.259. The fourth-order valence-corrected chi connectivity index (χ4v) is 5.90. The molecule has 0 saturated carbocycles. The number of benzene rings is 3. The van der Waals surface area contributed by atoms with Crippen molar-refractivity contribution in [2.24, 2.45) is 5.73 Å². The van der Waals surface area contributed by atoms with Crippen molar-refractivity contribution in [3.8, 4) is 11.5 Å². The van der Waals surface area contributed by atoms with Gasteiger partial charge in [0.15, 0.2) is 0 Å². The quantitative estimate of drug-likeness (QED) is 0.313. The molecule has 4 rings (SSSR count). The van der Waals surface area contributed by atoms with Gasteiger partial charge in [0.05, 0.1) is 31.5 Å². The van der Waals surface area contributed by atoms with Crippen LogP contribution in [0, 0.1) is 0 Å². The number of anilines is 2. The van der Waals surface area contributed by atoms with Gasteiger partial charge < -0.3 is 24.8 Å². The van der Waals surface area contributed by atoms with Crippen LogP contribution in [0.5, 0.6) is 11.5 Å². The zero-order valence-corrected chi connectivity index (χ0v) is 21.6. The molecule has 0 aliphatic carbocycles. The van der Waals surface area contributed by atoms with Crippen LogP contribution in [-0.4, -0.2) is 39.4 Å². The highest BCUT2D eigenvalue weighted by Crippen LogP contribution is 2.55. The second-order valence-corrected chi connectivity index (χ2v) is 9.46. The molecule has 0 spiro atoms. The topological polar surface area (TPSA) is 91.1 Å². The number of fused-ring (bicyclic) bond motifs is 2. The number of carbonyl (C=O) groups excluding carboxylic acids is 2. The molecule has 0 radical (unpaired) electrons. The number of halogens is 3. The Labute approximate surface area is 221 Å². The number of alkyl halides is 3. The summed E-state index contributed by atoms with van der Waals surface area (Å²) >= 11 is 1.31. The summed E-state index contributed by atoms with van der Waals surface area (Å²) in [5, 5.41) is 0. The van der Waals surface area contributed by atoms with Crippen molar-refractivity contribution >= 4 is 35.1 Å². The molecule has 7 nitrogen and oxygen atoms in total. The van der Waals surface area contributed by atoms with Crippen molar-refractivity contribution < 1.29 is 37.0 Å². The molecule has 3 aromatic carbocycles. The molecule has 0 fully saturated rings. The molecule has 200 valence electrons. The van der Waals surface area contributed by atoms with E-state index in [1.54, 1.807) is 42.5 Å². The molecule has 1 unspecified atom stereocenters. The van der Waals surface area contributed by atoms with Crippen molar-refractivity contribution in [1.29, 1.82) is 0 Å². The van der Waals surface area contributed by atoms with Crippen LogP contribution in [0.4, 0.5) is 24.5 Å². The first-order valence-electron chi connectivity index (χ1n) is 11.5. The van der Waals surface area contributed by atoms with Gasteiger partial charge in [0, 0.05) is 34.5 Å². The summed E-state index contributed by atoms with van der Waals surface area (Å²) in [6.07, 6.45) is -5.36. The van der Waals surface area contributed by atoms with E-state index in [4.69, 9.17) is 15.2 Å². The molecule has 1 atom stereocenters. The van der Waals surface area contributed by atoms with Gasteiger partial charge in [0.2, 0.25) is 0 Å². The van der Waals surface area contributed by atoms with Crippen LogP contribution in [0.2, 0.25) is 0 Å². The van der Waals surface area contributed by atoms with Crippen LogP contribution in [0.1, 0.15) is 22.6 Å². The summed E-state index contributed by atoms with van der Waals surface area (Å²) in [5.74, 6) is -4.35. The highest BCUT2D eigenvalue weighted by Gasteiger charge is 2.44. The molecule has 2 N–H and O–H groups in total. The van der Waals surface area contributed by atoms with E-state index in [1.165, 1.54) is 26.0 Å². The number of rotatable bonds is 7. The van der Waals surface area contributed by atoms with E-state index in [-0.39, 0.29) is 18.7 Å². The lowest BCUT2D eigenvalue weighted by Gasteiger charge is -2.34. The lowest BCUT2D eigenvalue weighted by Crippen LogP contribution is -2.31. The third-order valence-corrected chi connectivity index (χ3v) is 7.54. The number of methoxy groups -OCH3 is 2. The maximum absolute atomic E-state index is 13.2. The first kappa shape index (κ1) is 27.3. The molecule has 0 amide bonds. The normalized spacial score (nSPS) is 13.3. The Hall–Kier alpha value is -3.70. The molecular weight excluding hydrogens is 521 g/mol. The van der Waals surface area contributed by atoms with Gasteiger partial charge in [-0.3, -0.25) is 4.79 Å². The maximum atomic E-state index is 13.2. The Morgan fingerprint density at radius 3 is 2.13 bits per heavy atom. The summed E-state index contributed by atoms with van der Waals surface area (Å²) in [5.41, 5.74) is 9.30. The van der Waals surface area contributed by atoms with Gasteiger partial charge in [-0.1, -0.05) is 42.1 Å². The minimum absolute atomic E-state index is 0.0311. The average Bonchev–Trinajstić information content (AvgIpc) is 2.90. The number of esters is 2. The first-order chi connectivity index (χ1) is 18.1. The van der Waals surface area contributed by atoms with Gasteiger partial charge in [-0.2, -0.15) is 13.2 Å². The monoisotopic (exact) mass is 546 g/mol. The summed E-state index contributed by atoms with van der Waals surface area (Å²) in [7, 11) is 4.76. The van der Waals surface area contributed by atoms with Crippen LogP contribution in [0.15, 0.2) is 64.4 Å². The van der Waals surface area contributed by atoms with E-state index >= 15 is 0 Å². The number of nitrogens with two attached hydrogens (primary N) is 1. The van der Waals surface area contributed by atoms with Gasteiger partial charge >= 0.3 is 18.1 Å². The Morgan fingerprint density at radius 2 is 1.55 bits per heavy atom. The number of hydrogen-bond acceptors (Lipinski definition) is 8. The Balaban J connectivity index is 1.90. The minimum atomic E-state index is -5.33. The molecule has 0 bridgehead atoms. The Kier molecular flexibility index (Phi) is 7.89. The van der Waals surface area contributed by atoms with E-state index in [9.17, 15) is 22.8 Å². The molecular formula is C27H25F3N2O5S. The van der Waals surface area contributed by atoms with E-state index in [0.717, 1.165) is 16.1 Å². The minimum Gasteiger partial charge on any atom is -0.496 e. The number of nitrogens with zero attached hydrogens (tertiary/aromatic N) is 1. The second kappa shape index (κ2) is 11.0. The summed E-state index contributed by atoms with van der Waals surface area (Å²) in [6, 6.07) is 15.9. The summed E-state index contributed by atoms with van der Waals surface area (Å²) in [6.45, 7) is 0.164. The van der Waals surface area contributed by atoms with Crippen LogP contribution >= 0.6 is 11.8 Å². The van der Waals surface area contributed by atoms with Crippen molar-refractivity contribution in [2.45, 2.75) is 34.9 Å². The summed E-state index contributed by atoms with van der Waals surface area (Å²) in [4.78, 5) is 28.1. The highest BCUT2D eigenvalue weighted by atomic mass is 32.2.